The number of hydrogen-bond acceptors (Lipinski definition) is 7. The van der Waals surface area contributed by atoms with Gasteiger partial charge in [-0.1, -0.05) is 17.7 Å². The van der Waals surface area contributed by atoms with Gasteiger partial charge in [0.1, 0.15) is 22.8 Å². The van der Waals surface area contributed by atoms with Crippen LogP contribution in [0.15, 0.2) is 64.6 Å². The second-order valence-electron chi connectivity index (χ2n) is 7.14. The molecule has 1 fully saturated rings. The predicted octanol–water partition coefficient (Wildman–Crippen LogP) is 3.84. The molecule has 4 amide bonds. The third-order valence-corrected chi connectivity index (χ3v) is 4.97. The lowest BCUT2D eigenvalue weighted by atomic mass is 10.1. The molecule has 0 bridgehead atoms. The fourth-order valence-electron chi connectivity index (χ4n) is 3.30. The van der Waals surface area contributed by atoms with Crippen LogP contribution in [-0.2, 0) is 9.59 Å². The Morgan fingerprint density at radius 2 is 1.79 bits per heavy atom. The van der Waals surface area contributed by atoms with E-state index >= 15 is 0 Å². The first-order valence-electron chi connectivity index (χ1n) is 9.69. The Hall–Kier alpha value is -4.73. The van der Waals surface area contributed by atoms with Gasteiger partial charge < -0.3 is 9.15 Å². The number of ether oxygens (including phenoxy) is 1. The Bertz CT molecular complexity index is 1320. The van der Waals surface area contributed by atoms with Crippen LogP contribution in [0, 0.1) is 17.0 Å². The molecule has 0 atom stereocenters. The molecule has 0 saturated carbocycles. The molecule has 0 unspecified atom stereocenters. The van der Waals surface area contributed by atoms with E-state index in [0.717, 1.165) is 10.5 Å². The van der Waals surface area contributed by atoms with Crippen molar-refractivity contribution >= 4 is 35.3 Å². The second kappa shape index (κ2) is 8.42. The zero-order valence-electron chi connectivity index (χ0n) is 17.5. The van der Waals surface area contributed by atoms with Crippen LogP contribution >= 0.6 is 0 Å². The molecule has 1 aromatic heterocycles. The largest absolute Gasteiger partial charge is 0.496 e. The highest BCUT2D eigenvalue weighted by Gasteiger charge is 2.37. The van der Waals surface area contributed by atoms with Gasteiger partial charge in [0.25, 0.3) is 17.5 Å². The van der Waals surface area contributed by atoms with E-state index < -0.39 is 22.8 Å². The summed E-state index contributed by atoms with van der Waals surface area (Å²) in [6.45, 7) is 1.87. The number of amides is 4. The van der Waals surface area contributed by atoms with Gasteiger partial charge in [-0.3, -0.25) is 25.0 Å². The molecule has 0 spiro atoms. The number of anilines is 1. The molecule has 1 aliphatic rings. The van der Waals surface area contributed by atoms with Gasteiger partial charge in [-0.25, -0.2) is 9.69 Å². The van der Waals surface area contributed by atoms with Gasteiger partial charge in [0.05, 0.1) is 29.4 Å². The van der Waals surface area contributed by atoms with Crippen molar-refractivity contribution in [3.05, 3.63) is 81.6 Å². The van der Waals surface area contributed by atoms with E-state index in [9.17, 15) is 24.5 Å². The lowest BCUT2D eigenvalue weighted by Gasteiger charge is -2.26. The van der Waals surface area contributed by atoms with Gasteiger partial charge in [0.2, 0.25) is 0 Å². The molecule has 4 rings (SSSR count). The SMILES string of the molecule is COc1cc([N+](=O)[O-])ccc1-c1ccc(/C=C2\C(=O)NC(=O)N(c3ccc(C)cc3)C2=O)o1. The number of hydrogen-bond donors (Lipinski definition) is 1. The van der Waals surface area contributed by atoms with Crippen LogP contribution in [0.5, 0.6) is 5.75 Å². The first-order chi connectivity index (χ1) is 15.8. The minimum absolute atomic E-state index is 0.144. The number of carbonyl (C=O) groups is 3. The lowest BCUT2D eigenvalue weighted by Crippen LogP contribution is -2.54. The summed E-state index contributed by atoms with van der Waals surface area (Å²) in [6, 6.07) is 13.0. The van der Waals surface area contributed by atoms with E-state index in [-0.39, 0.29) is 22.8 Å². The summed E-state index contributed by atoms with van der Waals surface area (Å²) >= 11 is 0. The van der Waals surface area contributed by atoms with Crippen molar-refractivity contribution in [1.82, 2.24) is 5.32 Å². The summed E-state index contributed by atoms with van der Waals surface area (Å²) in [4.78, 5) is 48.9. The van der Waals surface area contributed by atoms with E-state index in [4.69, 9.17) is 9.15 Å². The maximum atomic E-state index is 13.0. The van der Waals surface area contributed by atoms with Crippen LogP contribution in [0.4, 0.5) is 16.2 Å². The molecular weight excluding hydrogens is 430 g/mol. The standard InChI is InChI=1S/C23H17N3O7/c1-13-3-5-14(6-4-13)25-22(28)18(21(27)24-23(25)29)12-16-8-10-19(33-16)17-9-7-15(26(30)31)11-20(17)32-2/h3-12H,1-2H3,(H,24,27,29)/b18-12+. The molecule has 2 heterocycles. The summed E-state index contributed by atoms with van der Waals surface area (Å²) in [6.07, 6.45) is 1.23. The van der Waals surface area contributed by atoms with Crippen molar-refractivity contribution in [2.24, 2.45) is 0 Å². The fraction of sp³-hybridized carbons (Fsp3) is 0.0870. The smallest absolute Gasteiger partial charge is 0.335 e. The number of barbiturate groups is 1. The van der Waals surface area contributed by atoms with Crippen LogP contribution < -0.4 is 15.0 Å². The summed E-state index contributed by atoms with van der Waals surface area (Å²) in [5.41, 5.74) is 1.28. The number of imide groups is 2. The highest BCUT2D eigenvalue weighted by atomic mass is 16.6. The second-order valence-corrected chi connectivity index (χ2v) is 7.14. The molecule has 0 aliphatic carbocycles. The molecule has 0 radical (unpaired) electrons. The first kappa shape index (κ1) is 21.5. The molecule has 1 saturated heterocycles. The highest BCUT2D eigenvalue weighted by molar-refractivity contribution is 6.39. The van der Waals surface area contributed by atoms with Crippen molar-refractivity contribution in [3.63, 3.8) is 0 Å². The van der Waals surface area contributed by atoms with Crippen molar-refractivity contribution in [1.29, 1.82) is 0 Å². The van der Waals surface area contributed by atoms with Crippen LogP contribution in [-0.4, -0.2) is 29.9 Å². The number of nitro benzene ring substituents is 1. The predicted molar refractivity (Wildman–Crippen MR) is 118 cm³/mol. The number of methoxy groups -OCH3 is 1. The summed E-state index contributed by atoms with van der Waals surface area (Å²) in [7, 11) is 1.37. The van der Waals surface area contributed by atoms with Crippen LogP contribution in [0.3, 0.4) is 0 Å². The molecular formula is C23H17N3O7. The monoisotopic (exact) mass is 447 g/mol. The van der Waals surface area contributed by atoms with Crippen LogP contribution in [0.2, 0.25) is 0 Å². The third kappa shape index (κ3) is 4.09. The molecule has 10 nitrogen and oxygen atoms in total. The molecule has 33 heavy (non-hydrogen) atoms. The van der Waals surface area contributed by atoms with E-state index in [2.05, 4.69) is 5.32 Å². The van der Waals surface area contributed by atoms with Crippen molar-refractivity contribution in [2.45, 2.75) is 6.92 Å². The number of carbonyl (C=O) groups excluding carboxylic acids is 3. The summed E-state index contributed by atoms with van der Waals surface area (Å²) in [5.74, 6) is -0.941. The fourth-order valence-corrected chi connectivity index (χ4v) is 3.30. The lowest BCUT2D eigenvalue weighted by molar-refractivity contribution is -0.384. The van der Waals surface area contributed by atoms with Crippen LogP contribution in [0.1, 0.15) is 11.3 Å². The van der Waals surface area contributed by atoms with Crippen molar-refractivity contribution in [2.75, 3.05) is 12.0 Å². The number of furan rings is 1. The molecule has 1 aliphatic heterocycles. The van der Waals surface area contributed by atoms with Crippen molar-refractivity contribution < 1.29 is 28.5 Å². The average Bonchev–Trinajstić information content (AvgIpc) is 3.25. The number of nitrogens with zero attached hydrogens (tertiary/aromatic N) is 2. The van der Waals surface area contributed by atoms with E-state index in [0.29, 0.717) is 17.0 Å². The van der Waals surface area contributed by atoms with Gasteiger partial charge in [0.15, 0.2) is 0 Å². The minimum atomic E-state index is -0.848. The Balaban J connectivity index is 1.67. The normalized spacial score (nSPS) is 15.0. The van der Waals surface area contributed by atoms with E-state index in [1.807, 2.05) is 6.92 Å². The van der Waals surface area contributed by atoms with E-state index in [1.54, 1.807) is 30.3 Å². The molecule has 10 heteroatoms. The van der Waals surface area contributed by atoms with Crippen molar-refractivity contribution in [3.8, 4) is 17.1 Å². The Morgan fingerprint density at radius 3 is 2.45 bits per heavy atom. The Labute approximate surface area is 187 Å². The number of aryl methyl sites for hydroxylation is 1. The summed E-state index contributed by atoms with van der Waals surface area (Å²) in [5, 5.41) is 13.1. The molecule has 3 aromatic rings. The molecule has 1 N–H and O–H groups in total. The summed E-state index contributed by atoms with van der Waals surface area (Å²) < 4.78 is 11.0. The van der Waals surface area contributed by atoms with Gasteiger partial charge in [-0.15, -0.1) is 0 Å². The van der Waals surface area contributed by atoms with Gasteiger partial charge in [-0.2, -0.15) is 0 Å². The highest BCUT2D eigenvalue weighted by Crippen LogP contribution is 2.34. The van der Waals surface area contributed by atoms with Gasteiger partial charge >= 0.3 is 6.03 Å². The topological polar surface area (TPSA) is 132 Å². The maximum absolute atomic E-state index is 13.0. The third-order valence-electron chi connectivity index (χ3n) is 4.97. The van der Waals surface area contributed by atoms with Crippen LogP contribution in [0.25, 0.3) is 17.4 Å². The quantitative estimate of drug-likeness (QED) is 0.272. The van der Waals surface area contributed by atoms with Gasteiger partial charge in [-0.05, 0) is 43.3 Å². The number of urea groups is 1. The average molecular weight is 447 g/mol. The number of nitro groups is 1. The van der Waals surface area contributed by atoms with E-state index in [1.165, 1.54) is 37.5 Å². The number of rotatable bonds is 5. The maximum Gasteiger partial charge on any atom is 0.335 e. The minimum Gasteiger partial charge on any atom is -0.496 e. The zero-order valence-corrected chi connectivity index (χ0v) is 17.5. The molecule has 166 valence electrons. The number of non-ortho nitro benzene ring substituents is 1. The first-order valence-corrected chi connectivity index (χ1v) is 9.69. The number of nitrogens with one attached hydrogen (secondary N) is 1. The Morgan fingerprint density at radius 1 is 1.06 bits per heavy atom. The Kier molecular flexibility index (Phi) is 5.49. The molecule has 2 aromatic carbocycles. The number of benzene rings is 2. The van der Waals surface area contributed by atoms with Gasteiger partial charge in [0, 0.05) is 6.07 Å². The zero-order chi connectivity index (χ0) is 23.7.